The molecule has 0 bridgehead atoms. The normalized spacial score (nSPS) is 25.0. The minimum absolute atomic E-state index is 0.748. The lowest BCUT2D eigenvalue weighted by Gasteiger charge is -2.29. The van der Waals surface area contributed by atoms with E-state index in [9.17, 15) is 0 Å². The average molecular weight is 235 g/mol. The van der Waals surface area contributed by atoms with Crippen molar-refractivity contribution in [3.8, 4) is 0 Å². The molecule has 3 heteroatoms. The van der Waals surface area contributed by atoms with Crippen molar-refractivity contribution < 1.29 is 0 Å². The van der Waals surface area contributed by atoms with Gasteiger partial charge in [0.05, 0.1) is 0 Å². The standard InChI is InChI=1S/C14H25N3/c1-2-3-12-4-6-13(7-5-12)15-9-8-14-16-10-11-17-14/h10-13,15H,2-9H2,1H3,(H,16,17). The smallest absolute Gasteiger partial charge is 0.107 e. The molecular weight excluding hydrogens is 210 g/mol. The molecule has 1 fully saturated rings. The third kappa shape index (κ3) is 4.15. The maximum Gasteiger partial charge on any atom is 0.107 e. The van der Waals surface area contributed by atoms with Gasteiger partial charge in [-0.25, -0.2) is 4.98 Å². The molecule has 3 nitrogen and oxygen atoms in total. The highest BCUT2D eigenvalue weighted by molar-refractivity contribution is 4.88. The molecule has 1 saturated carbocycles. The van der Waals surface area contributed by atoms with Crippen LogP contribution in [0.5, 0.6) is 0 Å². The number of nitrogens with zero attached hydrogens (tertiary/aromatic N) is 1. The quantitative estimate of drug-likeness (QED) is 0.796. The van der Waals surface area contributed by atoms with E-state index in [0.717, 1.165) is 30.7 Å². The maximum absolute atomic E-state index is 4.24. The fourth-order valence-corrected chi connectivity index (χ4v) is 2.89. The van der Waals surface area contributed by atoms with E-state index in [0.29, 0.717) is 0 Å². The Labute approximate surface area is 104 Å². The fourth-order valence-electron chi connectivity index (χ4n) is 2.89. The second-order valence-electron chi connectivity index (χ2n) is 5.25. The molecule has 1 aliphatic carbocycles. The zero-order chi connectivity index (χ0) is 11.9. The minimum Gasteiger partial charge on any atom is -0.349 e. The van der Waals surface area contributed by atoms with Crippen LogP contribution in [0.25, 0.3) is 0 Å². The Kier molecular flexibility index (Phi) is 5.05. The van der Waals surface area contributed by atoms with Crippen LogP contribution in [-0.2, 0) is 6.42 Å². The second kappa shape index (κ2) is 6.80. The summed E-state index contributed by atoms with van der Waals surface area (Å²) < 4.78 is 0. The van der Waals surface area contributed by atoms with Crippen molar-refractivity contribution in [1.82, 2.24) is 15.3 Å². The van der Waals surface area contributed by atoms with Crippen LogP contribution in [-0.4, -0.2) is 22.6 Å². The largest absolute Gasteiger partial charge is 0.349 e. The summed E-state index contributed by atoms with van der Waals surface area (Å²) in [5, 5.41) is 3.66. The molecule has 1 aliphatic rings. The van der Waals surface area contributed by atoms with E-state index in [4.69, 9.17) is 0 Å². The van der Waals surface area contributed by atoms with Gasteiger partial charge in [0.2, 0.25) is 0 Å². The van der Waals surface area contributed by atoms with E-state index in [1.165, 1.54) is 38.5 Å². The molecule has 0 radical (unpaired) electrons. The Morgan fingerprint density at radius 1 is 1.35 bits per heavy atom. The SMILES string of the molecule is CCCC1CCC(NCCc2ncc[nH]2)CC1. The van der Waals surface area contributed by atoms with E-state index >= 15 is 0 Å². The predicted octanol–water partition coefficient (Wildman–Crippen LogP) is 2.90. The number of imidazole rings is 1. The van der Waals surface area contributed by atoms with Gasteiger partial charge in [-0.2, -0.15) is 0 Å². The lowest BCUT2D eigenvalue weighted by Crippen LogP contribution is -2.34. The highest BCUT2D eigenvalue weighted by Crippen LogP contribution is 2.27. The van der Waals surface area contributed by atoms with E-state index in [1.54, 1.807) is 0 Å². The zero-order valence-electron chi connectivity index (χ0n) is 10.9. The van der Waals surface area contributed by atoms with E-state index in [-0.39, 0.29) is 0 Å². The summed E-state index contributed by atoms with van der Waals surface area (Å²) in [4.78, 5) is 7.39. The van der Waals surface area contributed by atoms with E-state index < -0.39 is 0 Å². The van der Waals surface area contributed by atoms with Gasteiger partial charge in [0.15, 0.2) is 0 Å². The van der Waals surface area contributed by atoms with Gasteiger partial charge in [-0.15, -0.1) is 0 Å². The van der Waals surface area contributed by atoms with Gasteiger partial charge < -0.3 is 10.3 Å². The number of hydrogen-bond acceptors (Lipinski definition) is 2. The molecule has 2 rings (SSSR count). The van der Waals surface area contributed by atoms with Gasteiger partial charge in [0.1, 0.15) is 5.82 Å². The second-order valence-corrected chi connectivity index (χ2v) is 5.25. The molecule has 0 amide bonds. The summed E-state index contributed by atoms with van der Waals surface area (Å²) in [7, 11) is 0. The van der Waals surface area contributed by atoms with Gasteiger partial charge in [0.25, 0.3) is 0 Å². The van der Waals surface area contributed by atoms with Crippen LogP contribution in [0.1, 0.15) is 51.3 Å². The Morgan fingerprint density at radius 2 is 2.18 bits per heavy atom. The molecular formula is C14H25N3. The predicted molar refractivity (Wildman–Crippen MR) is 70.9 cm³/mol. The number of hydrogen-bond donors (Lipinski definition) is 2. The highest BCUT2D eigenvalue weighted by Gasteiger charge is 2.19. The van der Waals surface area contributed by atoms with Crippen LogP contribution in [0.4, 0.5) is 0 Å². The molecule has 0 aliphatic heterocycles. The van der Waals surface area contributed by atoms with Crippen molar-refractivity contribution in [3.63, 3.8) is 0 Å². The Morgan fingerprint density at radius 3 is 2.82 bits per heavy atom. The summed E-state index contributed by atoms with van der Waals surface area (Å²) in [6.07, 6.45) is 13.1. The van der Waals surface area contributed by atoms with Gasteiger partial charge in [0, 0.05) is 31.4 Å². The van der Waals surface area contributed by atoms with Gasteiger partial charge in [-0.05, 0) is 31.6 Å². The summed E-state index contributed by atoms with van der Waals surface area (Å²) in [5.41, 5.74) is 0. The van der Waals surface area contributed by atoms with Crippen molar-refractivity contribution in [2.75, 3.05) is 6.54 Å². The Bertz CT molecular complexity index is 286. The third-order valence-corrected chi connectivity index (χ3v) is 3.89. The van der Waals surface area contributed by atoms with Crippen LogP contribution >= 0.6 is 0 Å². The first-order valence-corrected chi connectivity index (χ1v) is 7.10. The summed E-state index contributed by atoms with van der Waals surface area (Å²) >= 11 is 0. The number of rotatable bonds is 6. The molecule has 0 saturated heterocycles. The van der Waals surface area contributed by atoms with Crippen LogP contribution < -0.4 is 5.32 Å². The molecule has 0 aromatic carbocycles. The summed E-state index contributed by atoms with van der Waals surface area (Å²) in [6, 6.07) is 0.748. The Balaban J connectivity index is 1.58. The Hall–Kier alpha value is -0.830. The van der Waals surface area contributed by atoms with Crippen LogP contribution in [0.15, 0.2) is 12.4 Å². The summed E-state index contributed by atoms with van der Waals surface area (Å²) in [5.74, 6) is 2.10. The first-order chi connectivity index (χ1) is 8.38. The van der Waals surface area contributed by atoms with Crippen molar-refractivity contribution in [2.45, 2.75) is 57.9 Å². The first kappa shape index (κ1) is 12.6. The molecule has 0 unspecified atom stereocenters. The van der Waals surface area contributed by atoms with Crippen LogP contribution in [0.3, 0.4) is 0 Å². The number of H-pyrrole nitrogens is 1. The number of aromatic amines is 1. The third-order valence-electron chi connectivity index (χ3n) is 3.89. The average Bonchev–Trinajstić information content (AvgIpc) is 2.85. The molecule has 17 heavy (non-hydrogen) atoms. The number of nitrogens with one attached hydrogen (secondary N) is 2. The lowest BCUT2D eigenvalue weighted by atomic mass is 9.83. The monoisotopic (exact) mass is 235 g/mol. The molecule has 0 atom stereocenters. The molecule has 96 valence electrons. The van der Waals surface area contributed by atoms with Crippen molar-refractivity contribution in [2.24, 2.45) is 5.92 Å². The van der Waals surface area contributed by atoms with E-state index in [1.807, 2.05) is 12.4 Å². The maximum atomic E-state index is 4.24. The topological polar surface area (TPSA) is 40.7 Å². The van der Waals surface area contributed by atoms with Crippen LogP contribution in [0, 0.1) is 5.92 Å². The van der Waals surface area contributed by atoms with Crippen molar-refractivity contribution in [3.05, 3.63) is 18.2 Å². The van der Waals surface area contributed by atoms with Crippen molar-refractivity contribution in [1.29, 1.82) is 0 Å². The molecule has 1 heterocycles. The fraction of sp³-hybridized carbons (Fsp3) is 0.786. The zero-order valence-corrected chi connectivity index (χ0v) is 10.9. The van der Waals surface area contributed by atoms with Gasteiger partial charge >= 0.3 is 0 Å². The van der Waals surface area contributed by atoms with Crippen LogP contribution in [0.2, 0.25) is 0 Å². The van der Waals surface area contributed by atoms with Gasteiger partial charge in [-0.3, -0.25) is 0 Å². The van der Waals surface area contributed by atoms with E-state index in [2.05, 4.69) is 22.2 Å². The molecule has 1 aromatic heterocycles. The van der Waals surface area contributed by atoms with Crippen molar-refractivity contribution >= 4 is 0 Å². The summed E-state index contributed by atoms with van der Waals surface area (Å²) in [6.45, 7) is 3.35. The van der Waals surface area contributed by atoms with Gasteiger partial charge in [-0.1, -0.05) is 19.8 Å². The first-order valence-electron chi connectivity index (χ1n) is 7.10. The molecule has 0 spiro atoms. The molecule has 1 aromatic rings. The lowest BCUT2D eigenvalue weighted by molar-refractivity contribution is 0.279. The molecule has 2 N–H and O–H groups in total. The highest BCUT2D eigenvalue weighted by atomic mass is 14.9. The number of aromatic nitrogens is 2. The minimum atomic E-state index is 0.748.